The first-order chi connectivity index (χ1) is 8.43. The van der Waals surface area contributed by atoms with E-state index in [4.69, 9.17) is 9.47 Å². The Morgan fingerprint density at radius 2 is 1.82 bits per heavy atom. The van der Waals surface area contributed by atoms with Crippen LogP contribution < -0.4 is 5.32 Å². The lowest BCUT2D eigenvalue weighted by molar-refractivity contribution is 0.0695. The molecule has 3 heteroatoms. The molecule has 3 nitrogen and oxygen atoms in total. The van der Waals surface area contributed by atoms with Gasteiger partial charge in [-0.2, -0.15) is 0 Å². The van der Waals surface area contributed by atoms with Crippen LogP contribution in [0.1, 0.15) is 44.9 Å². The van der Waals surface area contributed by atoms with E-state index < -0.39 is 0 Å². The molecule has 0 atom stereocenters. The van der Waals surface area contributed by atoms with Gasteiger partial charge in [-0.3, -0.25) is 0 Å². The quantitative estimate of drug-likeness (QED) is 0.598. The van der Waals surface area contributed by atoms with E-state index in [0.717, 1.165) is 32.1 Å². The smallest absolute Gasteiger partial charge is 0.0700 e. The molecule has 17 heavy (non-hydrogen) atoms. The maximum absolute atomic E-state index is 5.41. The molecular formula is C14H29NO2. The minimum Gasteiger partial charge on any atom is -0.382 e. The molecule has 1 rings (SSSR count). The van der Waals surface area contributed by atoms with Crippen molar-refractivity contribution in [2.75, 3.05) is 40.0 Å². The number of hydrogen-bond donors (Lipinski definition) is 1. The maximum atomic E-state index is 5.41. The van der Waals surface area contributed by atoms with Crippen LogP contribution >= 0.6 is 0 Å². The van der Waals surface area contributed by atoms with Crippen molar-refractivity contribution >= 4 is 0 Å². The van der Waals surface area contributed by atoms with Gasteiger partial charge in [-0.15, -0.1) is 0 Å². The lowest BCUT2D eigenvalue weighted by atomic mass is 9.87. The van der Waals surface area contributed by atoms with E-state index in [1.165, 1.54) is 45.1 Å². The van der Waals surface area contributed by atoms with Crippen LogP contribution in [0.2, 0.25) is 0 Å². The highest BCUT2D eigenvalue weighted by atomic mass is 16.5. The third-order valence-electron chi connectivity index (χ3n) is 3.53. The van der Waals surface area contributed by atoms with Crippen molar-refractivity contribution in [3.63, 3.8) is 0 Å². The molecule has 1 aliphatic rings. The standard InChI is InChI=1S/C14H29NO2/c1-16-12-13-17-11-5-9-15-10-8-14-6-3-2-4-7-14/h14-15H,2-13H2,1H3. The van der Waals surface area contributed by atoms with E-state index in [-0.39, 0.29) is 0 Å². The van der Waals surface area contributed by atoms with Crippen molar-refractivity contribution in [3.8, 4) is 0 Å². The highest BCUT2D eigenvalue weighted by Gasteiger charge is 2.12. The average molecular weight is 243 g/mol. The fourth-order valence-corrected chi connectivity index (χ4v) is 2.45. The van der Waals surface area contributed by atoms with Gasteiger partial charge >= 0.3 is 0 Å². The second kappa shape index (κ2) is 11.0. The molecule has 102 valence electrons. The van der Waals surface area contributed by atoms with Gasteiger partial charge in [0.15, 0.2) is 0 Å². The van der Waals surface area contributed by atoms with Gasteiger partial charge in [0.2, 0.25) is 0 Å². The molecule has 0 bridgehead atoms. The van der Waals surface area contributed by atoms with Crippen LogP contribution in [0, 0.1) is 5.92 Å². The van der Waals surface area contributed by atoms with E-state index in [2.05, 4.69) is 5.32 Å². The van der Waals surface area contributed by atoms with Crippen LogP contribution in [0.25, 0.3) is 0 Å². The van der Waals surface area contributed by atoms with Gasteiger partial charge in [0.05, 0.1) is 13.2 Å². The van der Waals surface area contributed by atoms with Gasteiger partial charge in [-0.05, 0) is 31.8 Å². The molecule has 0 radical (unpaired) electrons. The topological polar surface area (TPSA) is 30.5 Å². The first-order valence-corrected chi connectivity index (χ1v) is 7.21. The van der Waals surface area contributed by atoms with Crippen LogP contribution in [-0.2, 0) is 9.47 Å². The summed E-state index contributed by atoms with van der Waals surface area (Å²) in [7, 11) is 1.70. The summed E-state index contributed by atoms with van der Waals surface area (Å²) < 4.78 is 10.3. The van der Waals surface area contributed by atoms with Crippen LogP contribution in [0.3, 0.4) is 0 Å². The van der Waals surface area contributed by atoms with Gasteiger partial charge in [0.1, 0.15) is 0 Å². The van der Waals surface area contributed by atoms with Crippen molar-refractivity contribution < 1.29 is 9.47 Å². The van der Waals surface area contributed by atoms with Crippen LogP contribution in [-0.4, -0.2) is 40.0 Å². The molecule has 0 aliphatic heterocycles. The van der Waals surface area contributed by atoms with Gasteiger partial charge in [-0.1, -0.05) is 32.1 Å². The van der Waals surface area contributed by atoms with Gasteiger partial charge < -0.3 is 14.8 Å². The van der Waals surface area contributed by atoms with Crippen molar-refractivity contribution in [3.05, 3.63) is 0 Å². The largest absolute Gasteiger partial charge is 0.382 e. The molecule has 1 aliphatic carbocycles. The zero-order valence-electron chi connectivity index (χ0n) is 11.4. The molecular weight excluding hydrogens is 214 g/mol. The molecule has 1 N–H and O–H groups in total. The minimum absolute atomic E-state index is 0.703. The zero-order valence-corrected chi connectivity index (χ0v) is 11.4. The van der Waals surface area contributed by atoms with E-state index >= 15 is 0 Å². The summed E-state index contributed by atoms with van der Waals surface area (Å²) in [6.45, 7) is 4.54. The fraction of sp³-hybridized carbons (Fsp3) is 1.00. The summed E-state index contributed by atoms with van der Waals surface area (Å²) in [4.78, 5) is 0. The lowest BCUT2D eigenvalue weighted by Crippen LogP contribution is -2.21. The van der Waals surface area contributed by atoms with E-state index in [1.54, 1.807) is 7.11 Å². The van der Waals surface area contributed by atoms with Crippen molar-refractivity contribution in [1.29, 1.82) is 0 Å². The summed E-state index contributed by atoms with van der Waals surface area (Å²) >= 11 is 0. The maximum Gasteiger partial charge on any atom is 0.0700 e. The highest BCUT2D eigenvalue weighted by Crippen LogP contribution is 2.25. The van der Waals surface area contributed by atoms with E-state index in [9.17, 15) is 0 Å². The Morgan fingerprint density at radius 3 is 2.59 bits per heavy atom. The predicted molar refractivity (Wildman–Crippen MR) is 71.4 cm³/mol. The van der Waals surface area contributed by atoms with Gasteiger partial charge in [0.25, 0.3) is 0 Å². The Morgan fingerprint density at radius 1 is 1.00 bits per heavy atom. The predicted octanol–water partition coefficient (Wildman–Crippen LogP) is 2.60. The summed E-state index contributed by atoms with van der Waals surface area (Å²) in [5.41, 5.74) is 0. The third kappa shape index (κ3) is 8.58. The summed E-state index contributed by atoms with van der Waals surface area (Å²) in [5, 5.41) is 3.51. The molecule has 1 fully saturated rings. The number of nitrogens with one attached hydrogen (secondary N) is 1. The highest BCUT2D eigenvalue weighted by molar-refractivity contribution is 4.66. The Bertz CT molecular complexity index is 158. The molecule has 0 aromatic heterocycles. The Balaban J connectivity index is 1.75. The molecule has 0 heterocycles. The normalized spacial score (nSPS) is 17.5. The molecule has 0 spiro atoms. The number of rotatable bonds is 10. The molecule has 0 unspecified atom stereocenters. The second-order valence-corrected chi connectivity index (χ2v) is 5.00. The average Bonchev–Trinajstić information content (AvgIpc) is 2.38. The molecule has 1 saturated carbocycles. The van der Waals surface area contributed by atoms with E-state index in [1.807, 2.05) is 0 Å². The Hall–Kier alpha value is -0.120. The second-order valence-electron chi connectivity index (χ2n) is 5.00. The fourth-order valence-electron chi connectivity index (χ4n) is 2.45. The number of ether oxygens (including phenoxy) is 2. The first kappa shape index (κ1) is 14.9. The van der Waals surface area contributed by atoms with E-state index in [0.29, 0.717) is 6.61 Å². The summed E-state index contributed by atoms with van der Waals surface area (Å²) in [6.07, 6.45) is 9.77. The first-order valence-electron chi connectivity index (χ1n) is 7.21. The molecule has 0 aromatic carbocycles. The van der Waals surface area contributed by atoms with Crippen LogP contribution in [0.15, 0.2) is 0 Å². The lowest BCUT2D eigenvalue weighted by Gasteiger charge is -2.21. The van der Waals surface area contributed by atoms with Crippen molar-refractivity contribution in [2.24, 2.45) is 5.92 Å². The molecule has 0 aromatic rings. The minimum atomic E-state index is 0.703. The van der Waals surface area contributed by atoms with Crippen molar-refractivity contribution in [1.82, 2.24) is 5.32 Å². The van der Waals surface area contributed by atoms with Crippen molar-refractivity contribution in [2.45, 2.75) is 44.9 Å². The Labute approximate surface area is 106 Å². The third-order valence-corrected chi connectivity index (χ3v) is 3.53. The van der Waals surface area contributed by atoms with Gasteiger partial charge in [0, 0.05) is 13.7 Å². The number of hydrogen-bond acceptors (Lipinski definition) is 3. The van der Waals surface area contributed by atoms with Crippen LogP contribution in [0.4, 0.5) is 0 Å². The monoisotopic (exact) mass is 243 g/mol. The number of methoxy groups -OCH3 is 1. The van der Waals surface area contributed by atoms with Gasteiger partial charge in [-0.25, -0.2) is 0 Å². The molecule has 0 saturated heterocycles. The summed E-state index contributed by atoms with van der Waals surface area (Å²) in [5.74, 6) is 0.995. The summed E-state index contributed by atoms with van der Waals surface area (Å²) in [6, 6.07) is 0. The molecule has 0 amide bonds. The Kier molecular flexibility index (Phi) is 9.66. The van der Waals surface area contributed by atoms with Crippen LogP contribution in [0.5, 0.6) is 0 Å². The SMILES string of the molecule is COCCOCCCNCCC1CCCCC1. The zero-order chi connectivity index (χ0) is 12.2.